The van der Waals surface area contributed by atoms with Crippen LogP contribution in [0.15, 0.2) is 0 Å². The van der Waals surface area contributed by atoms with Crippen LogP contribution in [-0.2, 0) is 0 Å². The summed E-state index contributed by atoms with van der Waals surface area (Å²) < 4.78 is 0. The zero-order valence-electron chi connectivity index (χ0n) is 11.2. The molecule has 3 unspecified atom stereocenters. The number of rotatable bonds is 5. The molecule has 1 rings (SSSR count). The maximum atomic E-state index is 9.96. The maximum Gasteiger partial charge on any atom is 0.0693 e. The van der Waals surface area contributed by atoms with Crippen molar-refractivity contribution in [1.29, 1.82) is 0 Å². The largest absolute Gasteiger partial charge is 0.392 e. The lowest BCUT2D eigenvalue weighted by Crippen LogP contribution is -2.52. The van der Waals surface area contributed by atoms with Gasteiger partial charge in [0.25, 0.3) is 0 Å². The van der Waals surface area contributed by atoms with Crippen LogP contribution in [0.5, 0.6) is 0 Å². The van der Waals surface area contributed by atoms with Crippen LogP contribution in [0.2, 0.25) is 0 Å². The van der Waals surface area contributed by atoms with Crippen molar-refractivity contribution in [2.75, 3.05) is 20.6 Å². The Hall–Kier alpha value is -0.120. The van der Waals surface area contributed by atoms with E-state index in [0.717, 1.165) is 19.4 Å². The average Bonchev–Trinajstić information content (AvgIpc) is 2.19. The van der Waals surface area contributed by atoms with Crippen molar-refractivity contribution in [2.45, 2.75) is 57.7 Å². The van der Waals surface area contributed by atoms with Crippen LogP contribution in [0.25, 0.3) is 0 Å². The van der Waals surface area contributed by atoms with Crippen LogP contribution in [0.1, 0.15) is 39.5 Å². The number of aliphatic hydroxyl groups excluding tert-OH is 1. The first-order chi connectivity index (χ1) is 7.50. The molecule has 0 aliphatic heterocycles. The predicted molar refractivity (Wildman–Crippen MR) is 68.6 cm³/mol. The summed E-state index contributed by atoms with van der Waals surface area (Å²) in [5.41, 5.74) is 0. The molecule has 1 fully saturated rings. The van der Waals surface area contributed by atoms with E-state index in [4.69, 9.17) is 0 Å². The van der Waals surface area contributed by atoms with Gasteiger partial charge in [0.2, 0.25) is 0 Å². The number of hydrogen-bond acceptors (Lipinski definition) is 3. The quantitative estimate of drug-likeness (QED) is 0.748. The van der Waals surface area contributed by atoms with E-state index in [9.17, 15) is 5.11 Å². The Bertz CT molecular complexity index is 194. The second-order valence-electron chi connectivity index (χ2n) is 5.74. The molecule has 0 heterocycles. The summed E-state index contributed by atoms with van der Waals surface area (Å²) in [7, 11) is 4.21. The molecule has 0 saturated heterocycles. The molecule has 1 aliphatic carbocycles. The molecule has 0 spiro atoms. The second-order valence-corrected chi connectivity index (χ2v) is 5.74. The van der Waals surface area contributed by atoms with Gasteiger partial charge in [-0.15, -0.1) is 0 Å². The molecule has 3 nitrogen and oxygen atoms in total. The molecule has 96 valence electrons. The predicted octanol–water partition coefficient (Wildman–Crippen LogP) is 1.47. The fourth-order valence-corrected chi connectivity index (χ4v) is 2.43. The van der Waals surface area contributed by atoms with Crippen LogP contribution in [-0.4, -0.2) is 48.8 Å². The third-order valence-corrected chi connectivity index (χ3v) is 3.52. The van der Waals surface area contributed by atoms with Gasteiger partial charge in [-0.3, -0.25) is 0 Å². The van der Waals surface area contributed by atoms with Crippen LogP contribution in [0.3, 0.4) is 0 Å². The van der Waals surface area contributed by atoms with E-state index >= 15 is 0 Å². The Morgan fingerprint density at radius 2 is 1.88 bits per heavy atom. The third-order valence-electron chi connectivity index (χ3n) is 3.52. The lowest BCUT2D eigenvalue weighted by Gasteiger charge is -2.35. The van der Waals surface area contributed by atoms with Crippen LogP contribution in [0, 0.1) is 5.92 Å². The average molecular weight is 228 g/mol. The zero-order valence-corrected chi connectivity index (χ0v) is 11.2. The van der Waals surface area contributed by atoms with E-state index in [1.54, 1.807) is 0 Å². The van der Waals surface area contributed by atoms with E-state index in [2.05, 4.69) is 38.2 Å². The maximum absolute atomic E-state index is 9.96. The Labute approximate surface area is 100 Å². The molecule has 16 heavy (non-hydrogen) atoms. The first-order valence-corrected chi connectivity index (χ1v) is 6.59. The molecule has 0 bridgehead atoms. The molecule has 0 aromatic carbocycles. The van der Waals surface area contributed by atoms with Crippen molar-refractivity contribution >= 4 is 0 Å². The highest BCUT2D eigenvalue weighted by atomic mass is 16.3. The highest BCUT2D eigenvalue weighted by Crippen LogP contribution is 2.19. The molecule has 0 radical (unpaired) electrons. The van der Waals surface area contributed by atoms with Crippen LogP contribution in [0.4, 0.5) is 0 Å². The van der Waals surface area contributed by atoms with Gasteiger partial charge in [0.05, 0.1) is 6.10 Å². The lowest BCUT2D eigenvalue weighted by molar-refractivity contribution is 0.0779. The summed E-state index contributed by atoms with van der Waals surface area (Å²) in [5.74, 6) is 0.608. The van der Waals surface area contributed by atoms with Gasteiger partial charge in [0.1, 0.15) is 0 Å². The van der Waals surface area contributed by atoms with Crippen molar-refractivity contribution in [3.8, 4) is 0 Å². The van der Waals surface area contributed by atoms with Gasteiger partial charge in [-0.2, -0.15) is 0 Å². The molecule has 3 atom stereocenters. The Kier molecular flexibility index (Phi) is 5.73. The molecule has 0 aromatic rings. The Morgan fingerprint density at radius 1 is 1.25 bits per heavy atom. The fourth-order valence-electron chi connectivity index (χ4n) is 2.43. The molecular weight excluding hydrogens is 200 g/mol. The smallest absolute Gasteiger partial charge is 0.0693 e. The van der Waals surface area contributed by atoms with Crippen molar-refractivity contribution < 1.29 is 5.11 Å². The molecular formula is C13H28N2O. The minimum Gasteiger partial charge on any atom is -0.392 e. The number of aliphatic hydroxyl groups is 1. The van der Waals surface area contributed by atoms with Gasteiger partial charge in [-0.05, 0) is 32.9 Å². The minimum absolute atomic E-state index is 0.142. The van der Waals surface area contributed by atoms with Crippen LogP contribution >= 0.6 is 0 Å². The highest BCUT2D eigenvalue weighted by Gasteiger charge is 2.26. The third kappa shape index (κ3) is 4.40. The molecule has 0 aromatic heterocycles. The molecule has 1 saturated carbocycles. The topological polar surface area (TPSA) is 35.5 Å². The Balaban J connectivity index is 2.46. The van der Waals surface area contributed by atoms with E-state index in [1.807, 2.05) is 0 Å². The van der Waals surface area contributed by atoms with E-state index in [0.29, 0.717) is 18.0 Å². The number of nitrogens with zero attached hydrogens (tertiary/aromatic N) is 1. The van der Waals surface area contributed by atoms with Crippen molar-refractivity contribution in [3.63, 3.8) is 0 Å². The summed E-state index contributed by atoms with van der Waals surface area (Å²) in [6.07, 6.45) is 4.38. The van der Waals surface area contributed by atoms with Gasteiger partial charge < -0.3 is 15.3 Å². The van der Waals surface area contributed by atoms with Gasteiger partial charge in [-0.25, -0.2) is 0 Å². The Morgan fingerprint density at radius 3 is 2.38 bits per heavy atom. The number of nitrogens with one attached hydrogen (secondary N) is 1. The SMILES string of the molecule is CC(C)C(CN(C)C)NC1CCCCC1O. The molecule has 1 aliphatic rings. The second kappa shape index (κ2) is 6.58. The monoisotopic (exact) mass is 228 g/mol. The van der Waals surface area contributed by atoms with E-state index in [1.165, 1.54) is 12.8 Å². The van der Waals surface area contributed by atoms with Gasteiger partial charge >= 0.3 is 0 Å². The summed E-state index contributed by atoms with van der Waals surface area (Å²) in [6, 6.07) is 0.786. The molecule has 2 N–H and O–H groups in total. The first-order valence-electron chi connectivity index (χ1n) is 6.59. The summed E-state index contributed by atoms with van der Waals surface area (Å²) in [6.45, 7) is 5.54. The molecule has 3 heteroatoms. The lowest BCUT2D eigenvalue weighted by atomic mass is 9.91. The van der Waals surface area contributed by atoms with Crippen LogP contribution < -0.4 is 5.32 Å². The summed E-state index contributed by atoms with van der Waals surface area (Å²) in [5, 5.41) is 13.6. The van der Waals surface area contributed by atoms with Crippen molar-refractivity contribution in [3.05, 3.63) is 0 Å². The highest BCUT2D eigenvalue weighted by molar-refractivity contribution is 4.85. The fraction of sp³-hybridized carbons (Fsp3) is 1.00. The number of hydrogen-bond donors (Lipinski definition) is 2. The van der Waals surface area contributed by atoms with Gasteiger partial charge in [-0.1, -0.05) is 26.7 Å². The molecule has 0 amide bonds. The van der Waals surface area contributed by atoms with Gasteiger partial charge in [0.15, 0.2) is 0 Å². The van der Waals surface area contributed by atoms with Crippen molar-refractivity contribution in [1.82, 2.24) is 10.2 Å². The van der Waals surface area contributed by atoms with E-state index in [-0.39, 0.29) is 6.10 Å². The van der Waals surface area contributed by atoms with Gasteiger partial charge in [0, 0.05) is 18.6 Å². The minimum atomic E-state index is -0.142. The van der Waals surface area contributed by atoms with Crippen molar-refractivity contribution in [2.24, 2.45) is 5.92 Å². The first kappa shape index (κ1) is 13.9. The normalized spacial score (nSPS) is 28.7. The summed E-state index contributed by atoms with van der Waals surface area (Å²) >= 11 is 0. The standard InChI is InChI=1S/C13H28N2O/c1-10(2)12(9-15(3)4)14-11-7-5-6-8-13(11)16/h10-14,16H,5-9H2,1-4H3. The zero-order chi connectivity index (χ0) is 12.1. The summed E-state index contributed by atoms with van der Waals surface area (Å²) in [4.78, 5) is 2.22. The van der Waals surface area contributed by atoms with E-state index < -0.39 is 0 Å². The number of likely N-dealkylation sites (N-methyl/N-ethyl adjacent to an activating group) is 1.